The highest BCUT2D eigenvalue weighted by atomic mass is 32.3. The SMILES string of the molecule is C[n+]1nc(-c2ccc(OCC(O/N=C(\C(=O)N[C@@H]3C(=O)N(OS(=O)(=O)O)C3(C)C)c3csc(N)n3)C(=O)O)cc2)ccc1NCCCN. The van der Waals surface area contributed by atoms with E-state index in [2.05, 4.69) is 30.2 Å². The molecule has 3 heterocycles. The summed E-state index contributed by atoms with van der Waals surface area (Å²) >= 11 is 0.955. The van der Waals surface area contributed by atoms with Gasteiger partial charge in [0.1, 0.15) is 36.8 Å². The standard InChI is InChI=1S/C27H33N9O10S2/c1-27(2)22(24(38)36(27)46-48(41,42)43)32-23(37)21(18-14-47-26(29)31-18)34-45-19(25(39)40)13-44-16-7-5-15(6-8-16)17-9-10-20(35(3)33-17)30-12-4-11-28/h5-10,14,19,22H,4,11-13,28H2,1-3H3,(H5,29,31,32,37,39,40,41,42,43)/p+1/b34-21-/t19?,22-/m1/s1. The Morgan fingerprint density at radius 3 is 2.50 bits per heavy atom. The molecule has 4 rings (SSSR count). The van der Waals surface area contributed by atoms with Crippen LogP contribution >= 0.6 is 11.3 Å². The molecule has 2 amide bonds. The number of hydrogen-bond donors (Lipinski definition) is 6. The normalized spacial score (nSPS) is 16.5. The molecule has 0 bridgehead atoms. The first kappa shape index (κ1) is 35.9. The van der Waals surface area contributed by atoms with Gasteiger partial charge in [-0.3, -0.25) is 19.5 Å². The lowest BCUT2D eigenvalue weighted by Crippen LogP contribution is -2.76. The van der Waals surface area contributed by atoms with Crippen molar-refractivity contribution in [3.05, 3.63) is 47.5 Å². The van der Waals surface area contributed by atoms with Crippen LogP contribution in [0.15, 0.2) is 46.9 Å². The number of carboxylic acid groups (broad SMARTS) is 1. The van der Waals surface area contributed by atoms with Crippen LogP contribution in [0, 0.1) is 0 Å². The number of aryl methyl sites for hydroxylation is 1. The number of hydrogen-bond acceptors (Lipinski definition) is 15. The molecule has 3 aromatic rings. The Morgan fingerprint density at radius 1 is 1.23 bits per heavy atom. The van der Waals surface area contributed by atoms with Crippen molar-refractivity contribution in [2.45, 2.75) is 38.0 Å². The number of ether oxygens (including phenoxy) is 1. The van der Waals surface area contributed by atoms with Crippen molar-refractivity contribution in [2.24, 2.45) is 17.9 Å². The first-order valence-corrected chi connectivity index (χ1v) is 16.4. The van der Waals surface area contributed by atoms with Crippen LogP contribution in [0.4, 0.5) is 10.9 Å². The fourth-order valence-corrected chi connectivity index (χ4v) is 5.34. The second-order valence-electron chi connectivity index (χ2n) is 10.8. The van der Waals surface area contributed by atoms with Gasteiger partial charge >= 0.3 is 16.4 Å². The van der Waals surface area contributed by atoms with Crippen LogP contribution in [-0.2, 0) is 41.0 Å². The lowest BCUT2D eigenvalue weighted by Gasteiger charge is -2.50. The van der Waals surface area contributed by atoms with Crippen LogP contribution in [0.2, 0.25) is 0 Å². The molecule has 48 heavy (non-hydrogen) atoms. The molecule has 21 heteroatoms. The van der Waals surface area contributed by atoms with Gasteiger partial charge in [-0.2, -0.15) is 13.5 Å². The number of aliphatic carboxylic acids is 1. The minimum atomic E-state index is -5.02. The fourth-order valence-electron chi connectivity index (χ4n) is 4.34. The van der Waals surface area contributed by atoms with Gasteiger partial charge in [0.05, 0.1) is 12.1 Å². The van der Waals surface area contributed by atoms with Gasteiger partial charge in [0.25, 0.3) is 23.7 Å². The van der Waals surface area contributed by atoms with Crippen LogP contribution in [0.1, 0.15) is 26.0 Å². The number of β-lactam (4-membered cyclic amide) rings is 1. The highest BCUT2D eigenvalue weighted by Gasteiger charge is 2.58. The van der Waals surface area contributed by atoms with E-state index in [1.807, 2.05) is 19.2 Å². The van der Waals surface area contributed by atoms with E-state index in [-0.39, 0.29) is 10.8 Å². The summed E-state index contributed by atoms with van der Waals surface area (Å²) in [4.78, 5) is 46.9. The summed E-state index contributed by atoms with van der Waals surface area (Å²) in [5.41, 5.74) is 10.6. The average Bonchev–Trinajstić information content (AvgIpc) is 3.46. The lowest BCUT2D eigenvalue weighted by molar-refractivity contribution is -0.716. The topological polar surface area (TPSA) is 275 Å². The summed E-state index contributed by atoms with van der Waals surface area (Å²) < 4.78 is 42.7. The zero-order valence-electron chi connectivity index (χ0n) is 25.9. The first-order chi connectivity index (χ1) is 22.6. The number of oxime groups is 1. The number of nitrogen functional groups attached to an aromatic ring is 1. The second-order valence-corrected chi connectivity index (χ2v) is 12.7. The van der Waals surface area contributed by atoms with Crippen LogP contribution in [0.5, 0.6) is 5.75 Å². The van der Waals surface area contributed by atoms with Gasteiger partial charge in [0.15, 0.2) is 10.8 Å². The van der Waals surface area contributed by atoms with Gasteiger partial charge in [-0.25, -0.2) is 9.78 Å². The van der Waals surface area contributed by atoms with E-state index < -0.39 is 58.2 Å². The summed E-state index contributed by atoms with van der Waals surface area (Å²) in [5, 5.41) is 25.4. The minimum absolute atomic E-state index is 0.0546. The molecule has 1 aliphatic rings. The molecular weight excluding hydrogens is 674 g/mol. The van der Waals surface area contributed by atoms with E-state index in [1.165, 1.54) is 19.2 Å². The number of amides is 2. The van der Waals surface area contributed by atoms with E-state index in [1.54, 1.807) is 28.9 Å². The predicted octanol–water partition coefficient (Wildman–Crippen LogP) is -0.535. The maximum absolute atomic E-state index is 13.2. The highest BCUT2D eigenvalue weighted by Crippen LogP contribution is 2.33. The van der Waals surface area contributed by atoms with E-state index in [9.17, 15) is 27.9 Å². The number of carbonyl (C=O) groups is 3. The molecule has 19 nitrogen and oxygen atoms in total. The zero-order chi connectivity index (χ0) is 35.2. The zero-order valence-corrected chi connectivity index (χ0v) is 27.5. The third-order valence-electron chi connectivity index (χ3n) is 6.89. The summed E-state index contributed by atoms with van der Waals surface area (Å²) in [6.45, 7) is 3.50. The maximum atomic E-state index is 13.2. The van der Waals surface area contributed by atoms with Gasteiger partial charge < -0.3 is 31.5 Å². The van der Waals surface area contributed by atoms with Crippen molar-refractivity contribution >= 4 is 56.2 Å². The van der Waals surface area contributed by atoms with Crippen LogP contribution in [-0.4, -0.2) is 94.1 Å². The summed E-state index contributed by atoms with van der Waals surface area (Å²) in [6.07, 6.45) is -0.870. The molecule has 1 saturated heterocycles. The van der Waals surface area contributed by atoms with Gasteiger partial charge in [-0.15, -0.1) is 20.3 Å². The largest absolute Gasteiger partial charge is 0.489 e. The number of carbonyl (C=O) groups excluding carboxylic acids is 2. The van der Waals surface area contributed by atoms with E-state index in [0.29, 0.717) is 29.6 Å². The van der Waals surface area contributed by atoms with Crippen molar-refractivity contribution in [1.82, 2.24) is 20.5 Å². The summed E-state index contributed by atoms with van der Waals surface area (Å²) in [7, 11) is -3.21. The molecule has 1 aromatic carbocycles. The Morgan fingerprint density at radius 2 is 1.94 bits per heavy atom. The molecule has 258 valence electrons. The number of benzene rings is 1. The maximum Gasteiger partial charge on any atom is 0.418 e. The fraction of sp³-hybridized carbons (Fsp3) is 0.370. The number of hydroxylamine groups is 2. The molecule has 0 spiro atoms. The van der Waals surface area contributed by atoms with Crippen LogP contribution < -0.4 is 31.5 Å². The molecule has 1 fully saturated rings. The monoisotopic (exact) mass is 708 g/mol. The third kappa shape index (κ3) is 8.68. The van der Waals surface area contributed by atoms with Gasteiger partial charge in [-0.05, 0) is 57.1 Å². The molecule has 2 atom stereocenters. The number of nitrogens with one attached hydrogen (secondary N) is 2. The van der Waals surface area contributed by atoms with E-state index in [0.717, 1.165) is 29.1 Å². The Balaban J connectivity index is 1.43. The Hall–Kier alpha value is -4.96. The van der Waals surface area contributed by atoms with Gasteiger partial charge in [-0.1, -0.05) is 10.3 Å². The molecule has 0 saturated carbocycles. The smallest absolute Gasteiger partial charge is 0.418 e. The number of anilines is 2. The average molecular weight is 709 g/mol. The predicted molar refractivity (Wildman–Crippen MR) is 170 cm³/mol. The Bertz CT molecular complexity index is 1800. The number of nitrogens with zero attached hydrogens (tertiary/aromatic N) is 5. The number of aromatic nitrogens is 3. The van der Waals surface area contributed by atoms with Gasteiger partial charge in [0, 0.05) is 17.0 Å². The van der Waals surface area contributed by atoms with Crippen molar-refractivity contribution in [2.75, 3.05) is 30.7 Å². The van der Waals surface area contributed by atoms with Crippen molar-refractivity contribution < 1.29 is 51.0 Å². The molecule has 1 aliphatic heterocycles. The molecule has 0 aliphatic carbocycles. The Kier molecular flexibility index (Phi) is 11.1. The molecule has 8 N–H and O–H groups in total. The van der Waals surface area contributed by atoms with Gasteiger partial charge in [0.2, 0.25) is 0 Å². The molecule has 0 radical (unpaired) electrons. The van der Waals surface area contributed by atoms with Crippen molar-refractivity contribution in [1.29, 1.82) is 0 Å². The van der Waals surface area contributed by atoms with Crippen LogP contribution in [0.25, 0.3) is 11.3 Å². The number of rotatable bonds is 16. The molecular formula is C27H34N9O10S2+. The third-order valence-corrected chi connectivity index (χ3v) is 7.90. The minimum Gasteiger partial charge on any atom is -0.489 e. The molecule has 2 aromatic heterocycles. The second kappa shape index (κ2) is 14.9. The number of nitrogens with two attached hydrogens (primary N) is 2. The van der Waals surface area contributed by atoms with Crippen LogP contribution in [0.3, 0.4) is 0 Å². The lowest BCUT2D eigenvalue weighted by atomic mass is 9.84. The van der Waals surface area contributed by atoms with Crippen molar-refractivity contribution in [3.63, 3.8) is 0 Å². The highest BCUT2D eigenvalue weighted by molar-refractivity contribution is 7.80. The Labute approximate surface area is 278 Å². The summed E-state index contributed by atoms with van der Waals surface area (Å²) in [6, 6.07) is 9.14. The summed E-state index contributed by atoms with van der Waals surface area (Å²) in [5.74, 6) is -2.34. The number of carboxylic acids is 1. The number of thiazole rings is 1. The van der Waals surface area contributed by atoms with E-state index in [4.69, 9.17) is 25.6 Å². The molecule has 1 unspecified atom stereocenters. The quantitative estimate of drug-likeness (QED) is 0.0272. The van der Waals surface area contributed by atoms with Crippen molar-refractivity contribution in [3.8, 4) is 17.0 Å². The first-order valence-electron chi connectivity index (χ1n) is 14.1. The van der Waals surface area contributed by atoms with E-state index >= 15 is 0 Å².